The molecule has 0 saturated carbocycles. The van der Waals surface area contributed by atoms with E-state index in [1.165, 1.54) is 89.9 Å². The number of unbranched alkanes of at least 4 members (excludes halogenated alkanes) is 21. The zero-order valence-corrected chi connectivity index (χ0v) is 45.7. The molecule has 5 heteroatoms. The lowest BCUT2D eigenvalue weighted by Gasteiger charge is -2.18. The Kier molecular flexibility index (Phi) is 56.5. The Balaban J connectivity index is 4.40. The van der Waals surface area contributed by atoms with Crippen molar-refractivity contribution < 1.29 is 23.8 Å². The summed E-state index contributed by atoms with van der Waals surface area (Å²) in [5.41, 5.74) is 0. The topological polar surface area (TPSA) is 61.8 Å². The maximum absolute atomic E-state index is 12.9. The lowest BCUT2D eigenvalue weighted by atomic mass is 10.1. The second-order valence-corrected chi connectivity index (χ2v) is 18.8. The minimum Gasteiger partial charge on any atom is -0.462 e. The highest BCUT2D eigenvalue weighted by atomic mass is 16.6. The lowest BCUT2D eigenvalue weighted by Crippen LogP contribution is -2.30. The van der Waals surface area contributed by atoms with Gasteiger partial charge in [-0.15, -0.1) is 0 Å². The highest BCUT2D eigenvalue weighted by Crippen LogP contribution is 2.13. The largest absolute Gasteiger partial charge is 0.462 e. The van der Waals surface area contributed by atoms with Crippen LogP contribution in [0.4, 0.5) is 0 Å². The fourth-order valence-corrected chi connectivity index (χ4v) is 7.63. The summed E-state index contributed by atoms with van der Waals surface area (Å²) in [6.45, 7) is 7.56. The molecule has 5 nitrogen and oxygen atoms in total. The van der Waals surface area contributed by atoms with Gasteiger partial charge in [-0.25, -0.2) is 0 Å². The lowest BCUT2D eigenvalue weighted by molar-refractivity contribution is -0.163. The van der Waals surface area contributed by atoms with Crippen molar-refractivity contribution in [2.75, 3.05) is 19.8 Å². The van der Waals surface area contributed by atoms with E-state index in [0.717, 1.165) is 128 Å². The normalized spacial score (nSPS) is 13.1. The van der Waals surface area contributed by atoms with Crippen LogP contribution in [0.2, 0.25) is 0 Å². The first-order chi connectivity index (χ1) is 34.6. The van der Waals surface area contributed by atoms with E-state index >= 15 is 0 Å². The minimum atomic E-state index is -0.575. The Morgan fingerprint density at radius 1 is 0.329 bits per heavy atom. The molecule has 1 atom stereocenters. The van der Waals surface area contributed by atoms with Gasteiger partial charge in [0.15, 0.2) is 6.10 Å². The summed E-state index contributed by atoms with van der Waals surface area (Å²) in [5.74, 6) is -0.448. The molecular weight excluding hydrogens is 861 g/mol. The van der Waals surface area contributed by atoms with Crippen molar-refractivity contribution in [3.05, 3.63) is 122 Å². The average molecular weight is 970 g/mol. The van der Waals surface area contributed by atoms with Crippen molar-refractivity contribution in [3.8, 4) is 0 Å². The summed E-state index contributed by atoms with van der Waals surface area (Å²) in [6.07, 6.45) is 83.6. The molecule has 0 fully saturated rings. The molecule has 0 N–H and O–H groups in total. The van der Waals surface area contributed by atoms with Crippen LogP contribution < -0.4 is 0 Å². The molecule has 0 aliphatic heterocycles. The molecule has 0 bridgehead atoms. The maximum atomic E-state index is 12.9. The van der Waals surface area contributed by atoms with E-state index in [4.69, 9.17) is 14.2 Å². The van der Waals surface area contributed by atoms with Crippen molar-refractivity contribution >= 4 is 11.9 Å². The second-order valence-electron chi connectivity index (χ2n) is 18.8. The Morgan fingerprint density at radius 2 is 0.643 bits per heavy atom. The van der Waals surface area contributed by atoms with Crippen molar-refractivity contribution in [1.29, 1.82) is 0 Å². The van der Waals surface area contributed by atoms with Crippen molar-refractivity contribution in [2.24, 2.45) is 0 Å². The number of ether oxygens (including phenoxy) is 3. The molecule has 0 amide bonds. The zero-order valence-electron chi connectivity index (χ0n) is 45.7. The third-order valence-corrected chi connectivity index (χ3v) is 12.0. The van der Waals surface area contributed by atoms with Crippen molar-refractivity contribution in [2.45, 2.75) is 258 Å². The molecule has 0 aromatic rings. The molecule has 0 spiro atoms. The molecule has 0 heterocycles. The van der Waals surface area contributed by atoms with Crippen LogP contribution in [0.1, 0.15) is 252 Å². The van der Waals surface area contributed by atoms with Gasteiger partial charge in [-0.3, -0.25) is 9.59 Å². The van der Waals surface area contributed by atoms with Crippen LogP contribution in [0.5, 0.6) is 0 Å². The van der Waals surface area contributed by atoms with Gasteiger partial charge < -0.3 is 14.2 Å². The zero-order chi connectivity index (χ0) is 50.6. The third kappa shape index (κ3) is 56.9. The van der Waals surface area contributed by atoms with Crippen LogP contribution >= 0.6 is 0 Å². The van der Waals surface area contributed by atoms with Crippen LogP contribution in [-0.2, 0) is 23.8 Å². The first-order valence-electron chi connectivity index (χ1n) is 29.1. The van der Waals surface area contributed by atoms with Gasteiger partial charge in [-0.2, -0.15) is 0 Å². The van der Waals surface area contributed by atoms with Gasteiger partial charge in [0.25, 0.3) is 0 Å². The molecule has 0 rings (SSSR count). The number of carbonyl (C=O) groups excluding carboxylic acids is 2. The smallest absolute Gasteiger partial charge is 0.306 e. The van der Waals surface area contributed by atoms with E-state index < -0.39 is 6.10 Å². The molecule has 0 aromatic carbocycles. The number of esters is 2. The van der Waals surface area contributed by atoms with E-state index in [1.807, 2.05) is 0 Å². The summed E-state index contributed by atoms with van der Waals surface area (Å²) in [4.78, 5) is 25.6. The fraction of sp³-hybridized carbons (Fsp3) is 0.662. The Morgan fingerprint density at radius 3 is 1.03 bits per heavy atom. The van der Waals surface area contributed by atoms with Crippen molar-refractivity contribution in [1.82, 2.24) is 0 Å². The molecule has 0 aliphatic carbocycles. The third-order valence-electron chi connectivity index (χ3n) is 12.0. The fourth-order valence-electron chi connectivity index (χ4n) is 7.63. The number of allylic oxidation sites excluding steroid dienone is 20. The maximum Gasteiger partial charge on any atom is 0.306 e. The molecule has 0 aliphatic rings. The van der Waals surface area contributed by atoms with Crippen LogP contribution in [0.25, 0.3) is 0 Å². The summed E-state index contributed by atoms with van der Waals surface area (Å²) in [6, 6.07) is 0. The van der Waals surface area contributed by atoms with E-state index in [1.54, 1.807) is 0 Å². The average Bonchev–Trinajstić information content (AvgIpc) is 3.36. The highest BCUT2D eigenvalue weighted by molar-refractivity contribution is 5.70. The molecule has 1 unspecified atom stereocenters. The van der Waals surface area contributed by atoms with Crippen molar-refractivity contribution in [3.63, 3.8) is 0 Å². The molecular formula is C65H108O5. The van der Waals surface area contributed by atoms with E-state index in [2.05, 4.69) is 142 Å². The van der Waals surface area contributed by atoms with Crippen LogP contribution in [0.15, 0.2) is 122 Å². The quantitative estimate of drug-likeness (QED) is 0.0345. The van der Waals surface area contributed by atoms with Gasteiger partial charge in [-0.1, -0.05) is 226 Å². The Hall–Kier alpha value is -3.70. The Labute approximate surface area is 433 Å². The highest BCUT2D eigenvalue weighted by Gasteiger charge is 2.17. The van der Waals surface area contributed by atoms with Crippen LogP contribution in [0.3, 0.4) is 0 Å². The van der Waals surface area contributed by atoms with E-state index in [9.17, 15) is 9.59 Å². The molecule has 0 aromatic heterocycles. The summed E-state index contributed by atoms with van der Waals surface area (Å²) < 4.78 is 17.4. The summed E-state index contributed by atoms with van der Waals surface area (Å²) >= 11 is 0. The summed E-state index contributed by atoms with van der Waals surface area (Å²) in [5, 5.41) is 0. The van der Waals surface area contributed by atoms with Gasteiger partial charge in [0, 0.05) is 19.4 Å². The first kappa shape index (κ1) is 66.3. The Bertz CT molecular complexity index is 1420. The number of hydrogen-bond donors (Lipinski definition) is 0. The minimum absolute atomic E-state index is 0.0527. The van der Waals surface area contributed by atoms with Gasteiger partial charge in [0.05, 0.1) is 6.61 Å². The van der Waals surface area contributed by atoms with E-state index in [-0.39, 0.29) is 25.2 Å². The number of rotatable bonds is 52. The monoisotopic (exact) mass is 969 g/mol. The first-order valence-corrected chi connectivity index (χ1v) is 29.1. The predicted molar refractivity (Wildman–Crippen MR) is 306 cm³/mol. The SMILES string of the molecule is CC/C=C\C/C=C\C/C=C\C/C=C\CCCCCOCC(COC(=O)CCCCCCCC/C=C\C/C=C\C/C=C\CCCCC)OC(=O)CCCCCCCC/C=C\C/C=C\C/C=C\CCCCC. The van der Waals surface area contributed by atoms with Gasteiger partial charge in [0.2, 0.25) is 0 Å². The number of hydrogen-bond acceptors (Lipinski definition) is 5. The van der Waals surface area contributed by atoms with Gasteiger partial charge in [-0.05, 0) is 135 Å². The molecule has 70 heavy (non-hydrogen) atoms. The van der Waals surface area contributed by atoms with Gasteiger partial charge >= 0.3 is 11.9 Å². The summed E-state index contributed by atoms with van der Waals surface area (Å²) in [7, 11) is 0. The van der Waals surface area contributed by atoms with Gasteiger partial charge in [0.1, 0.15) is 6.61 Å². The predicted octanol–water partition coefficient (Wildman–Crippen LogP) is 20.1. The molecule has 0 radical (unpaired) electrons. The van der Waals surface area contributed by atoms with Crippen LogP contribution in [-0.4, -0.2) is 37.9 Å². The molecule has 398 valence electrons. The molecule has 0 saturated heterocycles. The standard InChI is InChI=1S/C65H108O5/c1-4-7-10-13-16-19-22-25-28-31-33-35-37-40-43-46-49-52-55-58-64(66)69-62-63(61-68-60-57-54-51-48-45-42-39-30-27-24-21-18-15-12-9-6-3)70-65(67)59-56-53-50-47-44-41-38-36-34-32-29-26-23-20-17-14-11-8-5-2/h9,12,16-21,25-30,33-36,42,45,63H,4-8,10-11,13-15,22-24,31-32,37-41,43-44,46-62H2,1-3H3/b12-9-,19-16-,20-17-,21-18-,28-25-,29-26-,30-27-,35-33-,36-34-,45-42-. The second kappa shape index (κ2) is 59.6. The van der Waals surface area contributed by atoms with E-state index in [0.29, 0.717) is 19.4 Å². The van der Waals surface area contributed by atoms with Crippen LogP contribution in [0, 0.1) is 0 Å². The number of carbonyl (C=O) groups is 2.